The first-order valence-electron chi connectivity index (χ1n) is 4.84. The van der Waals surface area contributed by atoms with Crippen LogP contribution >= 0.6 is 27.5 Å². The molecule has 0 saturated heterocycles. The molecule has 1 N–H and O–H groups in total. The van der Waals surface area contributed by atoms with Gasteiger partial charge in [0, 0.05) is 16.9 Å². The molecule has 0 unspecified atom stereocenters. The lowest BCUT2D eigenvalue weighted by Crippen LogP contribution is -2.12. The van der Waals surface area contributed by atoms with Crippen molar-refractivity contribution in [3.8, 4) is 0 Å². The van der Waals surface area contributed by atoms with E-state index in [-0.39, 0.29) is 5.91 Å². The number of aromatic nitrogens is 1. The van der Waals surface area contributed by atoms with Gasteiger partial charge in [-0.1, -0.05) is 17.7 Å². The molecule has 0 fully saturated rings. The van der Waals surface area contributed by atoms with E-state index in [1.165, 1.54) is 0 Å². The number of nitrogens with one attached hydrogen (secondary N) is 1. The van der Waals surface area contributed by atoms with Gasteiger partial charge in [0.2, 0.25) is 0 Å². The molecule has 0 aliphatic rings. The molecule has 0 atom stereocenters. The minimum atomic E-state index is -0.229. The Hall–Kier alpha value is -1.39. The first-order valence-corrected chi connectivity index (χ1v) is 6.01. The van der Waals surface area contributed by atoms with Gasteiger partial charge >= 0.3 is 0 Å². The van der Waals surface area contributed by atoms with Crippen molar-refractivity contribution in [2.24, 2.45) is 0 Å². The number of carbonyl (C=O) groups excluding carboxylic acids is 1. The normalized spacial score (nSPS) is 10.0. The minimum Gasteiger partial charge on any atom is -0.322 e. The molecule has 2 rings (SSSR count). The van der Waals surface area contributed by atoms with Crippen LogP contribution in [0.5, 0.6) is 0 Å². The Kier molecular flexibility index (Phi) is 3.76. The maximum atomic E-state index is 11.9. The standard InChI is InChI=1S/C12H8BrClN2O/c13-11-10(5-2-6-15-11)12(17)16-9-4-1-3-8(14)7-9/h1-7H,(H,16,17). The molecule has 0 aliphatic carbocycles. The molecule has 0 bridgehead atoms. The smallest absolute Gasteiger partial charge is 0.258 e. The summed E-state index contributed by atoms with van der Waals surface area (Å²) in [5, 5.41) is 3.32. The van der Waals surface area contributed by atoms with Gasteiger partial charge in [0.25, 0.3) is 5.91 Å². The Morgan fingerprint density at radius 2 is 2.12 bits per heavy atom. The number of hydrogen-bond acceptors (Lipinski definition) is 2. The van der Waals surface area contributed by atoms with Crippen molar-refractivity contribution in [1.82, 2.24) is 4.98 Å². The van der Waals surface area contributed by atoms with E-state index in [4.69, 9.17) is 11.6 Å². The Labute approximate surface area is 112 Å². The molecule has 17 heavy (non-hydrogen) atoms. The summed E-state index contributed by atoms with van der Waals surface area (Å²) >= 11 is 9.06. The molecule has 1 amide bonds. The maximum absolute atomic E-state index is 11.9. The van der Waals surface area contributed by atoms with Gasteiger partial charge in [-0.05, 0) is 46.3 Å². The fourth-order valence-electron chi connectivity index (χ4n) is 1.32. The van der Waals surface area contributed by atoms with Crippen LogP contribution in [-0.2, 0) is 0 Å². The van der Waals surface area contributed by atoms with Gasteiger partial charge in [-0.2, -0.15) is 0 Å². The quantitative estimate of drug-likeness (QED) is 0.858. The van der Waals surface area contributed by atoms with Crippen molar-refractivity contribution in [3.63, 3.8) is 0 Å². The maximum Gasteiger partial charge on any atom is 0.258 e. The zero-order valence-electron chi connectivity index (χ0n) is 8.65. The molecule has 1 aromatic carbocycles. The van der Waals surface area contributed by atoms with Crippen LogP contribution in [0, 0.1) is 0 Å². The summed E-state index contributed by atoms with van der Waals surface area (Å²) in [6.07, 6.45) is 1.61. The molecule has 0 aliphatic heterocycles. The SMILES string of the molecule is O=C(Nc1cccc(Cl)c1)c1cccnc1Br. The highest BCUT2D eigenvalue weighted by atomic mass is 79.9. The van der Waals surface area contributed by atoms with Crippen LogP contribution in [0.1, 0.15) is 10.4 Å². The van der Waals surface area contributed by atoms with Crippen LogP contribution in [0.3, 0.4) is 0 Å². The Morgan fingerprint density at radius 1 is 1.29 bits per heavy atom. The number of halogens is 2. The number of rotatable bonds is 2. The average molecular weight is 312 g/mol. The van der Waals surface area contributed by atoms with Gasteiger partial charge in [-0.15, -0.1) is 0 Å². The van der Waals surface area contributed by atoms with Crippen LogP contribution in [0.15, 0.2) is 47.2 Å². The summed E-state index contributed by atoms with van der Waals surface area (Å²) in [5.74, 6) is -0.229. The van der Waals surface area contributed by atoms with E-state index in [0.29, 0.717) is 20.9 Å². The van der Waals surface area contributed by atoms with Crippen LogP contribution in [-0.4, -0.2) is 10.9 Å². The van der Waals surface area contributed by atoms with Crippen molar-refractivity contribution in [1.29, 1.82) is 0 Å². The predicted molar refractivity (Wildman–Crippen MR) is 71.3 cm³/mol. The van der Waals surface area contributed by atoms with Gasteiger partial charge in [-0.3, -0.25) is 4.79 Å². The minimum absolute atomic E-state index is 0.229. The molecule has 1 heterocycles. The highest BCUT2D eigenvalue weighted by Crippen LogP contribution is 2.18. The van der Waals surface area contributed by atoms with Crippen LogP contribution in [0.2, 0.25) is 5.02 Å². The zero-order chi connectivity index (χ0) is 12.3. The van der Waals surface area contributed by atoms with Crippen molar-refractivity contribution in [2.75, 3.05) is 5.32 Å². The second-order valence-corrected chi connectivity index (χ2v) is 4.49. The van der Waals surface area contributed by atoms with Crippen molar-refractivity contribution in [3.05, 3.63) is 57.8 Å². The molecule has 5 heteroatoms. The van der Waals surface area contributed by atoms with Crippen molar-refractivity contribution >= 4 is 39.1 Å². The monoisotopic (exact) mass is 310 g/mol. The number of pyridine rings is 1. The number of anilines is 1. The molecule has 1 aromatic heterocycles. The third-order valence-electron chi connectivity index (χ3n) is 2.09. The van der Waals surface area contributed by atoms with E-state index >= 15 is 0 Å². The van der Waals surface area contributed by atoms with E-state index < -0.39 is 0 Å². The van der Waals surface area contributed by atoms with Crippen molar-refractivity contribution < 1.29 is 4.79 Å². The third kappa shape index (κ3) is 3.05. The van der Waals surface area contributed by atoms with Crippen molar-refractivity contribution in [2.45, 2.75) is 0 Å². The summed E-state index contributed by atoms with van der Waals surface area (Å²) in [7, 11) is 0. The number of benzene rings is 1. The Morgan fingerprint density at radius 3 is 2.82 bits per heavy atom. The molecule has 2 aromatic rings. The second kappa shape index (κ2) is 5.29. The summed E-state index contributed by atoms with van der Waals surface area (Å²) in [6.45, 7) is 0. The molecule has 0 spiro atoms. The van der Waals surface area contributed by atoms with Gasteiger partial charge in [-0.25, -0.2) is 4.98 Å². The van der Waals surface area contributed by atoms with Gasteiger partial charge < -0.3 is 5.32 Å². The first-order chi connectivity index (χ1) is 8.16. The predicted octanol–water partition coefficient (Wildman–Crippen LogP) is 3.75. The number of carbonyl (C=O) groups is 1. The molecule has 0 radical (unpaired) electrons. The summed E-state index contributed by atoms with van der Waals surface area (Å²) in [6, 6.07) is 10.4. The highest BCUT2D eigenvalue weighted by Gasteiger charge is 2.10. The summed E-state index contributed by atoms with van der Waals surface area (Å²) in [5.41, 5.74) is 1.13. The first kappa shape index (κ1) is 12.1. The lowest BCUT2D eigenvalue weighted by Gasteiger charge is -2.06. The summed E-state index contributed by atoms with van der Waals surface area (Å²) < 4.78 is 0.513. The van der Waals surface area contributed by atoms with Crippen LogP contribution in [0.25, 0.3) is 0 Å². The van der Waals surface area contributed by atoms with E-state index in [2.05, 4.69) is 26.2 Å². The molecular formula is C12H8BrClN2O. The molecule has 3 nitrogen and oxygen atoms in total. The fraction of sp³-hybridized carbons (Fsp3) is 0. The average Bonchev–Trinajstić information content (AvgIpc) is 2.29. The van der Waals surface area contributed by atoms with E-state index in [0.717, 1.165) is 0 Å². The second-order valence-electron chi connectivity index (χ2n) is 3.31. The largest absolute Gasteiger partial charge is 0.322 e. The zero-order valence-corrected chi connectivity index (χ0v) is 11.0. The lowest BCUT2D eigenvalue weighted by atomic mass is 10.2. The van der Waals surface area contributed by atoms with E-state index in [1.54, 1.807) is 42.6 Å². The van der Waals surface area contributed by atoms with E-state index in [9.17, 15) is 4.79 Å². The van der Waals surface area contributed by atoms with Gasteiger partial charge in [0.15, 0.2) is 0 Å². The summed E-state index contributed by atoms with van der Waals surface area (Å²) in [4.78, 5) is 15.9. The highest BCUT2D eigenvalue weighted by molar-refractivity contribution is 9.10. The molecule has 0 saturated carbocycles. The third-order valence-corrected chi connectivity index (χ3v) is 2.95. The molecule has 86 valence electrons. The Bertz CT molecular complexity index is 560. The fourth-order valence-corrected chi connectivity index (χ4v) is 1.94. The number of hydrogen-bond donors (Lipinski definition) is 1. The Balaban J connectivity index is 2.20. The number of amides is 1. The van der Waals surface area contributed by atoms with E-state index in [1.807, 2.05) is 0 Å². The van der Waals surface area contributed by atoms with Crippen LogP contribution < -0.4 is 5.32 Å². The lowest BCUT2D eigenvalue weighted by molar-refractivity contribution is 0.102. The molecular weight excluding hydrogens is 304 g/mol. The topological polar surface area (TPSA) is 42.0 Å². The number of nitrogens with zero attached hydrogens (tertiary/aromatic N) is 1. The van der Waals surface area contributed by atoms with Gasteiger partial charge in [0.05, 0.1) is 5.56 Å². The van der Waals surface area contributed by atoms with Crippen LogP contribution in [0.4, 0.5) is 5.69 Å². The van der Waals surface area contributed by atoms with Gasteiger partial charge in [0.1, 0.15) is 4.60 Å².